The van der Waals surface area contributed by atoms with Crippen molar-refractivity contribution in [3.63, 3.8) is 0 Å². The number of halogens is 3. The van der Waals surface area contributed by atoms with Gasteiger partial charge in [0.15, 0.2) is 0 Å². The average molecular weight is 1480 g/mol. The maximum atomic E-state index is 13.9. The van der Waals surface area contributed by atoms with Gasteiger partial charge in [0.25, 0.3) is 0 Å². The van der Waals surface area contributed by atoms with E-state index in [-0.39, 0.29) is 59.4 Å². The lowest BCUT2D eigenvalue weighted by atomic mass is 10.1. The molecule has 0 unspecified atom stereocenters. The van der Waals surface area contributed by atoms with Crippen LogP contribution in [-0.4, -0.2) is 95.1 Å². The maximum Gasteiger partial charge on any atom is 0.337 e. The quantitative estimate of drug-likeness (QED) is 0.0379. The van der Waals surface area contributed by atoms with Crippen LogP contribution in [0.5, 0.6) is 5.75 Å². The van der Waals surface area contributed by atoms with Crippen molar-refractivity contribution < 1.29 is 27.6 Å². The Morgan fingerprint density at radius 2 is 1.07 bits per heavy atom. The van der Waals surface area contributed by atoms with Gasteiger partial charge < -0.3 is 69.2 Å². The molecule has 0 aliphatic carbocycles. The summed E-state index contributed by atoms with van der Waals surface area (Å²) in [5, 5.41) is 27.0. The average Bonchev–Trinajstić information content (AvgIpc) is 0.881. The lowest BCUT2D eigenvalue weighted by Crippen LogP contribution is -2.11. The van der Waals surface area contributed by atoms with Gasteiger partial charge in [-0.25, -0.2) is 48.5 Å². The molecule has 0 amide bonds. The molecule has 33 heteroatoms. The fourth-order valence-corrected chi connectivity index (χ4v) is 11.7. The highest BCUT2D eigenvalue weighted by Gasteiger charge is 2.20. The molecule has 29 nitrogen and oxygen atoms in total. The number of nitrogens with two attached hydrogens (primary N) is 5. The number of fused-ring (bicyclic) bond motifs is 5. The van der Waals surface area contributed by atoms with Crippen LogP contribution in [0.15, 0.2) is 186 Å². The van der Waals surface area contributed by atoms with Crippen LogP contribution in [0.3, 0.4) is 0 Å². The van der Waals surface area contributed by atoms with Crippen LogP contribution in [0.25, 0.3) is 54.5 Å². The summed E-state index contributed by atoms with van der Waals surface area (Å²) in [6.07, 6.45) is 8.71. The molecule has 0 aliphatic rings. The summed E-state index contributed by atoms with van der Waals surface area (Å²) in [7, 11) is 2.96. The third kappa shape index (κ3) is 19.0. The van der Waals surface area contributed by atoms with Gasteiger partial charge in [-0.15, -0.1) is 11.3 Å². The Balaban J connectivity index is 0.000000133. The highest BCUT2D eigenvalue weighted by atomic mass is 35.5. The topological polar surface area (TPSA) is 432 Å². The van der Waals surface area contributed by atoms with E-state index in [1.54, 1.807) is 111 Å². The summed E-state index contributed by atoms with van der Waals surface area (Å²) in [5.74, 6) is 2.94. The number of aromatic nitrogens is 15. The number of carbonyl (C=O) groups is 1. The second-order valence-corrected chi connectivity index (χ2v) is 24.9. The number of pyridine rings is 3. The smallest absolute Gasteiger partial charge is 0.337 e. The molecule has 0 spiro atoms. The SMILES string of the molecule is COC(=O)c1ccc2c(N[C@H](C)c3ccccn3)nc(N)nc2c1.COc1cccc2nc(N)nc(N[C@H](C)c3nccs3)c12.C[C@@H](Nc1cc(Cl)cc2nc(N)ncc12)c1ccccn1.C[C@@H](Nc1nc(N)nc2c(F)cccc12)c1ccccn1.Cc1cc(CNc2nc(N)nc3cccc(F)c23)no1. The number of ether oxygens (including phenoxy) is 2. The summed E-state index contributed by atoms with van der Waals surface area (Å²) in [5.41, 5.74) is 35.9. The molecule has 10 aromatic heterocycles. The Morgan fingerprint density at radius 1 is 0.514 bits per heavy atom. The molecule has 0 radical (unpaired) electrons. The number of anilines is 10. The molecule has 0 saturated heterocycles. The number of hydrogen-bond acceptors (Lipinski definition) is 30. The van der Waals surface area contributed by atoms with Crippen molar-refractivity contribution in [3.05, 3.63) is 238 Å². The van der Waals surface area contributed by atoms with Crippen LogP contribution < -0.4 is 60.0 Å². The molecule has 107 heavy (non-hydrogen) atoms. The van der Waals surface area contributed by atoms with E-state index in [4.69, 9.17) is 54.3 Å². The number of esters is 1. The van der Waals surface area contributed by atoms with E-state index < -0.39 is 17.6 Å². The van der Waals surface area contributed by atoms with Gasteiger partial charge >= 0.3 is 5.97 Å². The molecular formula is C74H72ClF2N25O4S. The van der Waals surface area contributed by atoms with Crippen molar-refractivity contribution in [2.45, 2.75) is 65.3 Å². The third-order valence-electron chi connectivity index (χ3n) is 15.9. The number of benzene rings is 5. The van der Waals surface area contributed by atoms with Gasteiger partial charge in [0.2, 0.25) is 29.7 Å². The van der Waals surface area contributed by atoms with E-state index in [1.807, 2.05) is 112 Å². The van der Waals surface area contributed by atoms with E-state index in [0.717, 1.165) is 49.5 Å². The number of hydrogen-bond donors (Lipinski definition) is 10. The predicted molar refractivity (Wildman–Crippen MR) is 414 cm³/mol. The van der Waals surface area contributed by atoms with Gasteiger partial charge in [0, 0.05) is 69.3 Å². The first-order chi connectivity index (χ1) is 51.7. The second kappa shape index (κ2) is 34.7. The predicted octanol–water partition coefficient (Wildman–Crippen LogP) is 14.0. The lowest BCUT2D eigenvalue weighted by molar-refractivity contribution is 0.0600. The number of methoxy groups -OCH3 is 2. The third-order valence-corrected chi connectivity index (χ3v) is 17.1. The summed E-state index contributed by atoms with van der Waals surface area (Å²) in [6, 6.07) is 42.6. The van der Waals surface area contributed by atoms with E-state index in [2.05, 4.69) is 102 Å². The van der Waals surface area contributed by atoms with E-state index in [9.17, 15) is 13.6 Å². The van der Waals surface area contributed by atoms with Crippen LogP contribution >= 0.6 is 22.9 Å². The van der Waals surface area contributed by atoms with Crippen LogP contribution in [-0.2, 0) is 11.3 Å². The first-order valence-corrected chi connectivity index (χ1v) is 34.2. The lowest BCUT2D eigenvalue weighted by Gasteiger charge is -2.16. The summed E-state index contributed by atoms with van der Waals surface area (Å²) >= 11 is 7.74. The van der Waals surface area contributed by atoms with E-state index in [1.165, 1.54) is 19.2 Å². The molecule has 15 rings (SSSR count). The number of nitrogens with zero attached hydrogens (tertiary/aromatic N) is 15. The van der Waals surface area contributed by atoms with Gasteiger partial charge in [0.1, 0.15) is 62.6 Å². The molecule has 544 valence electrons. The fraction of sp³-hybridized carbons (Fsp3) is 0.162. The Labute approximate surface area is 619 Å². The normalized spacial score (nSPS) is 11.9. The van der Waals surface area contributed by atoms with E-state index >= 15 is 0 Å². The molecule has 4 atom stereocenters. The zero-order valence-electron chi connectivity index (χ0n) is 58.6. The van der Waals surface area contributed by atoms with Crippen molar-refractivity contribution in [1.29, 1.82) is 0 Å². The summed E-state index contributed by atoms with van der Waals surface area (Å²) in [4.78, 5) is 70.4. The number of rotatable bonds is 17. The summed E-state index contributed by atoms with van der Waals surface area (Å²) < 4.78 is 42.8. The molecule has 0 saturated carbocycles. The Bertz CT molecular complexity index is 5550. The number of nitrogen functional groups attached to an aromatic ring is 5. The first kappa shape index (κ1) is 74.7. The molecular weight excluding hydrogens is 1410 g/mol. The largest absolute Gasteiger partial charge is 0.496 e. The Morgan fingerprint density at radius 3 is 1.66 bits per heavy atom. The molecule has 5 aromatic carbocycles. The number of carbonyl (C=O) groups excluding carboxylic acids is 1. The molecule has 15 N–H and O–H groups in total. The Hall–Kier alpha value is -13.5. The van der Waals surface area contributed by atoms with Crippen molar-refractivity contribution in [2.75, 3.05) is 69.5 Å². The van der Waals surface area contributed by atoms with Crippen LogP contribution in [0, 0.1) is 18.6 Å². The minimum atomic E-state index is -0.426. The van der Waals surface area contributed by atoms with Crippen molar-refractivity contribution >= 4 is 142 Å². The number of para-hydroxylation sites is 1. The molecule has 10 heterocycles. The molecule has 0 bridgehead atoms. The van der Waals surface area contributed by atoms with Crippen molar-refractivity contribution in [2.24, 2.45) is 0 Å². The van der Waals surface area contributed by atoms with Crippen LogP contribution in [0.2, 0.25) is 5.02 Å². The minimum Gasteiger partial charge on any atom is -0.496 e. The van der Waals surface area contributed by atoms with Gasteiger partial charge in [-0.05, 0) is 138 Å². The van der Waals surface area contributed by atoms with Gasteiger partial charge in [0.05, 0.1) is 100 Å². The molecule has 15 aromatic rings. The van der Waals surface area contributed by atoms with Gasteiger partial charge in [-0.3, -0.25) is 15.0 Å². The molecule has 0 aliphatic heterocycles. The standard InChI is InChI=1S/C17H17N5O2.C15H14ClN5.C15H14FN5.C14H15N5OS.C13H12FN5O/c1-10(13-5-3-4-8-19-13)20-15-12-7-6-11(16(23)24-2)9-14(12)21-17(18)22-15;1-9(12-4-2-3-5-18-12)20-13-6-10(16)7-14-11(13)8-19-15(17)21-14;1-9(12-7-2-3-8-18-12)19-14-10-5-4-6-11(16)13(10)20-15(17)21-14;1-8(13-16-6-7-21-13)17-12-11-9(18-14(15)19-12)4-3-5-10(11)20-2;1-7-5-8(19-20-7)6-16-12-11-9(14)3-2-4-10(11)17-13(15)18-12/h3-10H,1-2H3,(H3,18,20,21,22);2-9,20H,1H3,(H2,17,19,21);2-9H,1H3,(H3,17,19,20,21);3-8H,1-2H3,(H3,15,17,18,19);2-5H,6H2,1H3,(H3,15,16,17,18)/t10-;2*9-;8-;/m1111./s1. The monoisotopic (exact) mass is 1480 g/mol. The fourth-order valence-electron chi connectivity index (χ4n) is 10.9. The number of nitrogens with one attached hydrogen (secondary N) is 5. The first-order valence-electron chi connectivity index (χ1n) is 32.9. The van der Waals surface area contributed by atoms with Crippen molar-refractivity contribution in [1.82, 2.24) is 74.9 Å². The maximum absolute atomic E-state index is 13.9. The highest BCUT2D eigenvalue weighted by molar-refractivity contribution is 7.09. The van der Waals surface area contributed by atoms with Gasteiger partial charge in [-0.1, -0.05) is 53.2 Å². The number of thiazole rings is 1. The van der Waals surface area contributed by atoms with Crippen molar-refractivity contribution in [3.8, 4) is 5.75 Å². The zero-order chi connectivity index (χ0) is 75.7. The van der Waals surface area contributed by atoms with E-state index in [0.29, 0.717) is 84.9 Å². The number of aryl methyl sites for hydroxylation is 1. The van der Waals surface area contributed by atoms with Gasteiger partial charge in [-0.2, -0.15) is 19.9 Å². The zero-order valence-corrected chi connectivity index (χ0v) is 60.2. The highest BCUT2D eigenvalue weighted by Crippen LogP contribution is 2.35. The van der Waals surface area contributed by atoms with Crippen LogP contribution in [0.4, 0.5) is 67.5 Å². The minimum absolute atomic E-state index is 0.0208. The van der Waals surface area contributed by atoms with Crippen LogP contribution in [0.1, 0.15) is 95.8 Å². The second-order valence-electron chi connectivity index (χ2n) is 23.6. The Kier molecular flexibility index (Phi) is 24.2. The molecule has 0 fully saturated rings. The summed E-state index contributed by atoms with van der Waals surface area (Å²) in [6.45, 7) is 10.2.